The zero-order valence-corrected chi connectivity index (χ0v) is 15.1. The SMILES string of the molecule is COc1ccc(OC)c(C(=O)OCC(=O)Nc2cc(C)ccc2OC)c1. The Bertz CT molecular complexity index is 803. The molecule has 26 heavy (non-hydrogen) atoms. The van der Waals surface area contributed by atoms with Crippen LogP contribution in [0.1, 0.15) is 15.9 Å². The third-order valence-corrected chi connectivity index (χ3v) is 3.59. The number of carbonyl (C=O) groups excluding carboxylic acids is 2. The van der Waals surface area contributed by atoms with E-state index in [9.17, 15) is 9.59 Å². The van der Waals surface area contributed by atoms with Crippen molar-refractivity contribution in [2.75, 3.05) is 33.3 Å². The molecular weight excluding hydrogens is 338 g/mol. The number of rotatable bonds is 7. The van der Waals surface area contributed by atoms with Gasteiger partial charge >= 0.3 is 5.97 Å². The lowest BCUT2D eigenvalue weighted by Gasteiger charge is -2.12. The molecule has 138 valence electrons. The molecule has 0 saturated heterocycles. The van der Waals surface area contributed by atoms with Gasteiger partial charge in [0.1, 0.15) is 22.8 Å². The zero-order chi connectivity index (χ0) is 19.1. The van der Waals surface area contributed by atoms with Crippen LogP contribution in [0.4, 0.5) is 5.69 Å². The molecule has 0 heterocycles. The van der Waals surface area contributed by atoms with E-state index in [-0.39, 0.29) is 5.56 Å². The van der Waals surface area contributed by atoms with Crippen molar-refractivity contribution in [3.63, 3.8) is 0 Å². The van der Waals surface area contributed by atoms with E-state index in [1.54, 1.807) is 24.3 Å². The fourth-order valence-corrected chi connectivity index (χ4v) is 2.29. The van der Waals surface area contributed by atoms with Crippen LogP contribution in [0.2, 0.25) is 0 Å². The summed E-state index contributed by atoms with van der Waals surface area (Å²) in [7, 11) is 4.43. The lowest BCUT2D eigenvalue weighted by atomic mass is 10.2. The van der Waals surface area contributed by atoms with Crippen LogP contribution in [0.5, 0.6) is 17.2 Å². The zero-order valence-electron chi connectivity index (χ0n) is 15.1. The van der Waals surface area contributed by atoms with E-state index in [0.29, 0.717) is 22.9 Å². The minimum absolute atomic E-state index is 0.174. The molecule has 2 aromatic rings. The van der Waals surface area contributed by atoms with Crippen molar-refractivity contribution in [2.45, 2.75) is 6.92 Å². The van der Waals surface area contributed by atoms with Crippen LogP contribution in [0.3, 0.4) is 0 Å². The van der Waals surface area contributed by atoms with Gasteiger partial charge in [0.05, 0.1) is 27.0 Å². The number of carbonyl (C=O) groups is 2. The van der Waals surface area contributed by atoms with Crippen LogP contribution in [-0.2, 0) is 9.53 Å². The Hall–Kier alpha value is -3.22. The van der Waals surface area contributed by atoms with Gasteiger partial charge in [-0.05, 0) is 42.8 Å². The third-order valence-electron chi connectivity index (χ3n) is 3.59. The summed E-state index contributed by atoms with van der Waals surface area (Å²) in [6.07, 6.45) is 0. The highest BCUT2D eigenvalue weighted by molar-refractivity contribution is 5.97. The summed E-state index contributed by atoms with van der Waals surface area (Å²) in [5.74, 6) is 0.157. The highest BCUT2D eigenvalue weighted by Crippen LogP contribution is 2.26. The largest absolute Gasteiger partial charge is 0.497 e. The summed E-state index contributed by atoms with van der Waals surface area (Å²) in [6.45, 7) is 1.44. The van der Waals surface area contributed by atoms with Gasteiger partial charge in [0.25, 0.3) is 5.91 Å². The number of aryl methyl sites for hydroxylation is 1. The molecule has 1 amide bonds. The maximum atomic E-state index is 12.3. The van der Waals surface area contributed by atoms with Gasteiger partial charge in [-0.3, -0.25) is 4.79 Å². The number of hydrogen-bond donors (Lipinski definition) is 1. The van der Waals surface area contributed by atoms with Crippen molar-refractivity contribution in [2.24, 2.45) is 0 Å². The number of ether oxygens (including phenoxy) is 4. The predicted molar refractivity (Wildman–Crippen MR) is 96.2 cm³/mol. The van der Waals surface area contributed by atoms with Crippen molar-refractivity contribution >= 4 is 17.6 Å². The Morgan fingerprint density at radius 1 is 0.923 bits per heavy atom. The first-order valence-corrected chi connectivity index (χ1v) is 7.82. The molecule has 7 nitrogen and oxygen atoms in total. The molecule has 0 aliphatic carbocycles. The molecule has 0 unspecified atom stereocenters. The maximum absolute atomic E-state index is 12.3. The van der Waals surface area contributed by atoms with Gasteiger partial charge in [-0.1, -0.05) is 6.07 Å². The van der Waals surface area contributed by atoms with Crippen molar-refractivity contribution in [3.05, 3.63) is 47.5 Å². The van der Waals surface area contributed by atoms with Gasteiger partial charge in [0, 0.05) is 0 Å². The van der Waals surface area contributed by atoms with Gasteiger partial charge in [-0.2, -0.15) is 0 Å². The molecule has 0 radical (unpaired) electrons. The van der Waals surface area contributed by atoms with E-state index in [4.69, 9.17) is 18.9 Å². The van der Waals surface area contributed by atoms with Crippen LogP contribution >= 0.6 is 0 Å². The predicted octanol–water partition coefficient (Wildman–Crippen LogP) is 2.82. The number of benzene rings is 2. The second-order valence-corrected chi connectivity index (χ2v) is 5.39. The van der Waals surface area contributed by atoms with E-state index in [1.807, 2.05) is 13.0 Å². The molecule has 0 bridgehead atoms. The summed E-state index contributed by atoms with van der Waals surface area (Å²) < 4.78 is 20.5. The minimum atomic E-state index is -0.688. The molecule has 0 spiro atoms. The Kier molecular flexibility index (Phi) is 6.43. The molecule has 0 saturated carbocycles. The van der Waals surface area contributed by atoms with Crippen molar-refractivity contribution in [1.29, 1.82) is 0 Å². The second-order valence-electron chi connectivity index (χ2n) is 5.39. The van der Waals surface area contributed by atoms with Crippen molar-refractivity contribution in [3.8, 4) is 17.2 Å². The van der Waals surface area contributed by atoms with Gasteiger partial charge in [-0.15, -0.1) is 0 Å². The number of nitrogens with one attached hydrogen (secondary N) is 1. The molecule has 0 aliphatic rings. The molecular formula is C19H21NO6. The van der Waals surface area contributed by atoms with E-state index in [2.05, 4.69) is 5.32 Å². The highest BCUT2D eigenvalue weighted by atomic mass is 16.5. The van der Waals surface area contributed by atoms with E-state index >= 15 is 0 Å². The first kappa shape index (κ1) is 19.1. The normalized spacial score (nSPS) is 10.0. The van der Waals surface area contributed by atoms with Gasteiger partial charge in [0.2, 0.25) is 0 Å². The monoisotopic (exact) mass is 359 g/mol. The fourth-order valence-electron chi connectivity index (χ4n) is 2.29. The summed E-state index contributed by atoms with van der Waals surface area (Å²) in [6, 6.07) is 10.1. The Labute approximate surface area is 151 Å². The molecule has 0 fully saturated rings. The van der Waals surface area contributed by atoms with E-state index in [1.165, 1.54) is 27.4 Å². The number of methoxy groups -OCH3 is 3. The smallest absolute Gasteiger partial charge is 0.342 e. The van der Waals surface area contributed by atoms with Crippen LogP contribution in [0, 0.1) is 6.92 Å². The molecule has 1 N–H and O–H groups in total. The fraction of sp³-hybridized carbons (Fsp3) is 0.263. The summed E-state index contributed by atoms with van der Waals surface area (Å²) >= 11 is 0. The average molecular weight is 359 g/mol. The van der Waals surface area contributed by atoms with Crippen LogP contribution in [0.15, 0.2) is 36.4 Å². The highest BCUT2D eigenvalue weighted by Gasteiger charge is 2.17. The topological polar surface area (TPSA) is 83.1 Å². The van der Waals surface area contributed by atoms with E-state index < -0.39 is 18.5 Å². The average Bonchev–Trinajstić information content (AvgIpc) is 2.65. The van der Waals surface area contributed by atoms with E-state index in [0.717, 1.165) is 5.56 Å². The van der Waals surface area contributed by atoms with Crippen molar-refractivity contribution in [1.82, 2.24) is 0 Å². The third kappa shape index (κ3) is 4.66. The summed E-state index contributed by atoms with van der Waals surface area (Å²) in [4.78, 5) is 24.4. The Morgan fingerprint density at radius 3 is 2.27 bits per heavy atom. The van der Waals surface area contributed by atoms with Crippen LogP contribution in [-0.4, -0.2) is 39.8 Å². The summed E-state index contributed by atoms with van der Waals surface area (Å²) in [5.41, 5.74) is 1.64. The second kappa shape index (κ2) is 8.75. The first-order valence-electron chi connectivity index (χ1n) is 7.82. The van der Waals surface area contributed by atoms with Crippen molar-refractivity contribution < 1.29 is 28.5 Å². The van der Waals surface area contributed by atoms with Crippen LogP contribution < -0.4 is 19.5 Å². The first-order chi connectivity index (χ1) is 12.5. The van der Waals surface area contributed by atoms with Gasteiger partial charge < -0.3 is 24.3 Å². The number of amides is 1. The molecule has 0 aromatic heterocycles. The standard InChI is InChI=1S/C19H21NO6/c1-12-5-7-17(25-4)15(9-12)20-18(21)11-26-19(22)14-10-13(23-2)6-8-16(14)24-3/h5-10H,11H2,1-4H3,(H,20,21). The minimum Gasteiger partial charge on any atom is -0.497 e. The maximum Gasteiger partial charge on any atom is 0.342 e. The molecule has 2 rings (SSSR count). The molecule has 0 aliphatic heterocycles. The van der Waals surface area contributed by atoms with Gasteiger partial charge in [0.15, 0.2) is 6.61 Å². The molecule has 7 heteroatoms. The Morgan fingerprint density at radius 2 is 1.62 bits per heavy atom. The summed E-state index contributed by atoms with van der Waals surface area (Å²) in [5, 5.41) is 2.66. The van der Waals surface area contributed by atoms with Crippen LogP contribution in [0.25, 0.3) is 0 Å². The lowest BCUT2D eigenvalue weighted by Crippen LogP contribution is -2.21. The Balaban J connectivity index is 2.03. The lowest BCUT2D eigenvalue weighted by molar-refractivity contribution is -0.119. The van der Waals surface area contributed by atoms with Gasteiger partial charge in [-0.25, -0.2) is 4.79 Å². The quantitative estimate of drug-likeness (QED) is 0.766. The molecule has 2 aromatic carbocycles. The number of anilines is 1. The molecule has 0 atom stereocenters. The number of esters is 1. The number of hydrogen-bond acceptors (Lipinski definition) is 6.